The van der Waals surface area contributed by atoms with E-state index >= 15 is 0 Å². The van der Waals surface area contributed by atoms with Crippen molar-refractivity contribution in [2.45, 2.75) is 201 Å². The number of hydrogen-bond donors (Lipinski definition) is 0. The van der Waals surface area contributed by atoms with E-state index in [4.69, 9.17) is 9.47 Å². The molecule has 0 unspecified atom stereocenters. The molecule has 0 saturated carbocycles. The van der Waals surface area contributed by atoms with Crippen LogP contribution < -0.4 is 0 Å². The molecule has 0 heterocycles. The second-order valence-electron chi connectivity index (χ2n) is 12.7. The van der Waals surface area contributed by atoms with Crippen LogP contribution in [0, 0.1) is 5.92 Å². The van der Waals surface area contributed by atoms with Gasteiger partial charge in [-0.05, 0) is 44.4 Å². The Balaban J connectivity index is 3.18. The van der Waals surface area contributed by atoms with Crippen LogP contribution in [0.25, 0.3) is 0 Å². The molecule has 0 amide bonds. The van der Waals surface area contributed by atoms with Crippen LogP contribution in [0.2, 0.25) is 0 Å². The minimum absolute atomic E-state index is 0.479. The summed E-state index contributed by atoms with van der Waals surface area (Å²) in [4.78, 5) is 11.7. The van der Waals surface area contributed by atoms with Crippen molar-refractivity contribution in [3.8, 4) is 0 Å². The molecule has 3 nitrogen and oxygen atoms in total. The van der Waals surface area contributed by atoms with Crippen LogP contribution >= 0.6 is 0 Å². The topological polar surface area (TPSA) is 35.5 Å². The van der Waals surface area contributed by atoms with Crippen LogP contribution in [0.15, 0.2) is 12.2 Å². The monoisotopic (exact) mass is 565 g/mol. The number of ether oxygens (including phenoxy) is 2. The number of allylic oxidation sites excluding steroid dienone is 2. The first-order valence-electron chi connectivity index (χ1n) is 18.1. The molecule has 0 fully saturated rings. The van der Waals surface area contributed by atoms with E-state index in [1.807, 2.05) is 0 Å². The van der Waals surface area contributed by atoms with Gasteiger partial charge in [0, 0.05) is 0 Å². The molecular weight excluding hydrogens is 492 g/mol. The third kappa shape index (κ3) is 35.0. The third-order valence-electron chi connectivity index (χ3n) is 8.02. The summed E-state index contributed by atoms with van der Waals surface area (Å²) in [7, 11) is 0. The molecule has 0 aromatic carbocycles. The van der Waals surface area contributed by atoms with E-state index < -0.39 is 6.16 Å². The van der Waals surface area contributed by atoms with E-state index in [1.165, 1.54) is 154 Å². The zero-order valence-corrected chi connectivity index (χ0v) is 27.7. The van der Waals surface area contributed by atoms with Gasteiger partial charge in [0.1, 0.15) is 0 Å². The zero-order chi connectivity index (χ0) is 29.2. The SMILES string of the molecule is CCCCCC/C=C\CCCCCCCCOC(=O)OCCCCCCCCCCCCCCCCCC(C)C. The number of rotatable bonds is 32. The molecule has 3 heteroatoms. The molecule has 0 atom stereocenters. The lowest BCUT2D eigenvalue weighted by Crippen LogP contribution is -2.09. The maximum Gasteiger partial charge on any atom is 0.508 e. The summed E-state index contributed by atoms with van der Waals surface area (Å²) in [5.74, 6) is 0.872. The Labute approximate surface area is 252 Å². The minimum Gasteiger partial charge on any atom is -0.434 e. The lowest BCUT2D eigenvalue weighted by molar-refractivity contribution is 0.0529. The van der Waals surface area contributed by atoms with Gasteiger partial charge in [0.05, 0.1) is 13.2 Å². The normalized spacial score (nSPS) is 11.6. The van der Waals surface area contributed by atoms with Gasteiger partial charge in [-0.15, -0.1) is 0 Å². The Morgan fingerprint density at radius 3 is 1.18 bits per heavy atom. The quantitative estimate of drug-likeness (QED) is 0.0463. The predicted molar refractivity (Wildman–Crippen MR) is 176 cm³/mol. The first kappa shape index (κ1) is 39.0. The molecule has 0 aliphatic rings. The summed E-state index contributed by atoms with van der Waals surface area (Å²) in [6.45, 7) is 7.93. The Kier molecular flexibility index (Phi) is 33.4. The standard InChI is InChI=1S/C37H72O3/c1-4-5-6-7-8-9-10-11-16-19-22-25-28-31-34-39-37(38)40-35-32-29-26-23-20-17-14-12-13-15-18-21-24-27-30-33-36(2)3/h9-10,36H,4-8,11-35H2,1-3H3/b10-9-. The van der Waals surface area contributed by atoms with Crippen molar-refractivity contribution in [1.29, 1.82) is 0 Å². The molecule has 0 aromatic heterocycles. The van der Waals surface area contributed by atoms with Crippen LogP contribution in [0.4, 0.5) is 4.79 Å². The Morgan fingerprint density at radius 1 is 0.475 bits per heavy atom. The zero-order valence-electron chi connectivity index (χ0n) is 27.7. The van der Waals surface area contributed by atoms with E-state index in [0.29, 0.717) is 13.2 Å². The molecular formula is C37H72O3. The van der Waals surface area contributed by atoms with Crippen molar-refractivity contribution in [2.24, 2.45) is 5.92 Å². The van der Waals surface area contributed by atoms with Gasteiger partial charge in [0.25, 0.3) is 0 Å². The van der Waals surface area contributed by atoms with Gasteiger partial charge in [-0.3, -0.25) is 0 Å². The highest BCUT2D eigenvalue weighted by molar-refractivity contribution is 5.59. The smallest absolute Gasteiger partial charge is 0.434 e. The van der Waals surface area contributed by atoms with Gasteiger partial charge < -0.3 is 9.47 Å². The first-order valence-corrected chi connectivity index (χ1v) is 18.1. The number of hydrogen-bond acceptors (Lipinski definition) is 3. The largest absolute Gasteiger partial charge is 0.508 e. The van der Waals surface area contributed by atoms with E-state index in [1.54, 1.807) is 0 Å². The molecule has 0 aliphatic heterocycles. The van der Waals surface area contributed by atoms with Crippen LogP contribution in [-0.2, 0) is 9.47 Å². The minimum atomic E-state index is -0.479. The predicted octanol–water partition coefficient (Wildman–Crippen LogP) is 13.3. The highest BCUT2D eigenvalue weighted by Crippen LogP contribution is 2.15. The third-order valence-corrected chi connectivity index (χ3v) is 8.02. The van der Waals surface area contributed by atoms with Gasteiger partial charge >= 0.3 is 6.16 Å². The van der Waals surface area contributed by atoms with Gasteiger partial charge in [0.2, 0.25) is 0 Å². The van der Waals surface area contributed by atoms with Gasteiger partial charge in [-0.1, -0.05) is 174 Å². The average Bonchev–Trinajstić information content (AvgIpc) is 2.94. The van der Waals surface area contributed by atoms with E-state index in [2.05, 4.69) is 32.9 Å². The average molecular weight is 565 g/mol. The molecule has 0 radical (unpaired) electrons. The molecule has 0 spiro atoms. The van der Waals surface area contributed by atoms with Crippen LogP contribution in [0.5, 0.6) is 0 Å². The Bertz CT molecular complexity index is 514. The van der Waals surface area contributed by atoms with Crippen LogP contribution in [-0.4, -0.2) is 19.4 Å². The van der Waals surface area contributed by atoms with E-state index in [-0.39, 0.29) is 0 Å². The maximum absolute atomic E-state index is 11.7. The summed E-state index contributed by atoms with van der Waals surface area (Å²) in [5, 5.41) is 0. The van der Waals surface area contributed by atoms with Crippen molar-refractivity contribution in [2.75, 3.05) is 13.2 Å². The number of carbonyl (C=O) groups excluding carboxylic acids is 1. The summed E-state index contributed by atoms with van der Waals surface area (Å²) in [5.41, 5.74) is 0. The molecule has 40 heavy (non-hydrogen) atoms. The molecule has 238 valence electrons. The lowest BCUT2D eigenvalue weighted by Gasteiger charge is -2.07. The summed E-state index contributed by atoms with van der Waals surface area (Å²) < 4.78 is 10.4. The highest BCUT2D eigenvalue weighted by Gasteiger charge is 2.03. The Morgan fingerprint density at radius 2 is 0.800 bits per heavy atom. The molecule has 0 bridgehead atoms. The van der Waals surface area contributed by atoms with Gasteiger partial charge in [0.15, 0.2) is 0 Å². The molecule has 0 saturated heterocycles. The number of carbonyl (C=O) groups is 1. The molecule has 0 aliphatic carbocycles. The molecule has 0 aromatic rings. The summed E-state index contributed by atoms with van der Waals surface area (Å²) in [6, 6.07) is 0. The molecule has 0 N–H and O–H groups in total. The highest BCUT2D eigenvalue weighted by atomic mass is 16.7. The fraction of sp³-hybridized carbons (Fsp3) is 0.919. The number of unbranched alkanes of at least 4 members (excludes halogenated alkanes) is 24. The first-order chi connectivity index (χ1) is 19.7. The van der Waals surface area contributed by atoms with E-state index in [0.717, 1.165) is 31.6 Å². The molecule has 0 rings (SSSR count). The fourth-order valence-corrected chi connectivity index (χ4v) is 5.30. The van der Waals surface area contributed by atoms with Crippen molar-refractivity contribution in [1.82, 2.24) is 0 Å². The van der Waals surface area contributed by atoms with Crippen LogP contribution in [0.1, 0.15) is 201 Å². The van der Waals surface area contributed by atoms with Crippen molar-refractivity contribution in [3.63, 3.8) is 0 Å². The Hall–Kier alpha value is -0.990. The maximum atomic E-state index is 11.7. The summed E-state index contributed by atoms with van der Waals surface area (Å²) in [6.07, 6.45) is 41.1. The lowest BCUT2D eigenvalue weighted by atomic mass is 10.0. The fourth-order valence-electron chi connectivity index (χ4n) is 5.30. The van der Waals surface area contributed by atoms with E-state index in [9.17, 15) is 4.79 Å². The second kappa shape index (κ2) is 34.2. The van der Waals surface area contributed by atoms with Crippen LogP contribution in [0.3, 0.4) is 0 Å². The van der Waals surface area contributed by atoms with Gasteiger partial charge in [-0.2, -0.15) is 0 Å². The van der Waals surface area contributed by atoms with Crippen molar-refractivity contribution in [3.05, 3.63) is 12.2 Å². The van der Waals surface area contributed by atoms with Crippen molar-refractivity contribution < 1.29 is 14.3 Å². The second-order valence-corrected chi connectivity index (χ2v) is 12.7. The van der Waals surface area contributed by atoms with Gasteiger partial charge in [-0.25, -0.2) is 4.79 Å². The summed E-state index contributed by atoms with van der Waals surface area (Å²) >= 11 is 0. The van der Waals surface area contributed by atoms with Crippen molar-refractivity contribution >= 4 is 6.16 Å².